The SMILES string of the molecule is Clc1ccc(OCc2cccc(CNC3CC3)n2)c(Br)c1. The van der Waals surface area contributed by atoms with Gasteiger partial charge in [0.1, 0.15) is 12.4 Å². The van der Waals surface area contributed by atoms with Crippen molar-refractivity contribution >= 4 is 27.5 Å². The van der Waals surface area contributed by atoms with Crippen molar-refractivity contribution in [1.82, 2.24) is 10.3 Å². The van der Waals surface area contributed by atoms with Gasteiger partial charge in [-0.25, -0.2) is 0 Å². The molecule has 0 unspecified atom stereocenters. The highest BCUT2D eigenvalue weighted by Gasteiger charge is 2.20. The van der Waals surface area contributed by atoms with Crippen molar-refractivity contribution in [3.63, 3.8) is 0 Å². The van der Waals surface area contributed by atoms with Gasteiger partial charge in [0.25, 0.3) is 0 Å². The van der Waals surface area contributed by atoms with Crippen molar-refractivity contribution < 1.29 is 4.74 Å². The molecule has 2 aromatic rings. The third-order valence-electron chi connectivity index (χ3n) is 3.28. The van der Waals surface area contributed by atoms with Crippen molar-refractivity contribution in [2.45, 2.75) is 32.0 Å². The molecule has 0 atom stereocenters. The van der Waals surface area contributed by atoms with E-state index in [9.17, 15) is 0 Å². The van der Waals surface area contributed by atoms with Gasteiger partial charge >= 0.3 is 0 Å². The maximum Gasteiger partial charge on any atom is 0.134 e. The van der Waals surface area contributed by atoms with Gasteiger partial charge in [-0.2, -0.15) is 0 Å². The summed E-state index contributed by atoms with van der Waals surface area (Å²) in [5.41, 5.74) is 1.98. The van der Waals surface area contributed by atoms with Gasteiger partial charge in [-0.1, -0.05) is 17.7 Å². The van der Waals surface area contributed by atoms with Crippen molar-refractivity contribution in [3.8, 4) is 5.75 Å². The molecule has 3 nitrogen and oxygen atoms in total. The van der Waals surface area contributed by atoms with E-state index in [4.69, 9.17) is 16.3 Å². The zero-order valence-electron chi connectivity index (χ0n) is 11.5. The van der Waals surface area contributed by atoms with E-state index in [0.717, 1.165) is 28.2 Å². The Hall–Kier alpha value is -1.10. The van der Waals surface area contributed by atoms with E-state index in [1.54, 1.807) is 0 Å². The van der Waals surface area contributed by atoms with Crippen LogP contribution in [-0.4, -0.2) is 11.0 Å². The maximum absolute atomic E-state index is 5.92. The first-order valence-corrected chi connectivity index (χ1v) is 8.14. The summed E-state index contributed by atoms with van der Waals surface area (Å²) in [6.07, 6.45) is 2.57. The zero-order chi connectivity index (χ0) is 14.7. The molecule has 1 heterocycles. The van der Waals surface area contributed by atoms with E-state index in [2.05, 4.69) is 26.2 Å². The van der Waals surface area contributed by atoms with Gasteiger partial charge in [0, 0.05) is 17.6 Å². The molecule has 1 aromatic carbocycles. The first kappa shape index (κ1) is 14.8. The molecule has 0 spiro atoms. The minimum Gasteiger partial charge on any atom is -0.486 e. The molecule has 1 N–H and O–H groups in total. The van der Waals surface area contributed by atoms with Crippen molar-refractivity contribution in [1.29, 1.82) is 0 Å². The summed E-state index contributed by atoms with van der Waals surface area (Å²) >= 11 is 9.36. The number of rotatable bonds is 6. The van der Waals surface area contributed by atoms with Crippen molar-refractivity contribution in [2.75, 3.05) is 0 Å². The summed E-state index contributed by atoms with van der Waals surface area (Å²) in [4.78, 5) is 4.61. The molecule has 1 aliphatic carbocycles. The van der Waals surface area contributed by atoms with E-state index in [-0.39, 0.29) is 0 Å². The normalized spacial score (nSPS) is 14.2. The van der Waals surface area contributed by atoms with Crippen LogP contribution in [0.5, 0.6) is 5.75 Å². The van der Waals surface area contributed by atoms with Gasteiger partial charge in [0.15, 0.2) is 0 Å². The number of nitrogens with one attached hydrogen (secondary N) is 1. The Morgan fingerprint density at radius 2 is 2.05 bits per heavy atom. The first-order chi connectivity index (χ1) is 10.2. The first-order valence-electron chi connectivity index (χ1n) is 6.97. The average Bonchev–Trinajstić information content (AvgIpc) is 3.29. The maximum atomic E-state index is 5.92. The van der Waals surface area contributed by atoms with Crippen LogP contribution in [0.25, 0.3) is 0 Å². The Balaban J connectivity index is 1.60. The molecule has 0 saturated heterocycles. The molecule has 0 radical (unpaired) electrons. The summed E-state index contributed by atoms with van der Waals surface area (Å²) < 4.78 is 6.63. The number of aromatic nitrogens is 1. The second kappa shape index (κ2) is 6.77. The van der Waals surface area contributed by atoms with Crippen LogP contribution in [0.15, 0.2) is 40.9 Å². The third-order valence-corrected chi connectivity index (χ3v) is 4.14. The molecule has 21 heavy (non-hydrogen) atoms. The quantitative estimate of drug-likeness (QED) is 0.825. The molecule has 0 bridgehead atoms. The summed E-state index contributed by atoms with van der Waals surface area (Å²) in [7, 11) is 0. The van der Waals surface area contributed by atoms with Crippen LogP contribution in [0, 0.1) is 0 Å². The molecule has 110 valence electrons. The van der Waals surface area contributed by atoms with E-state index >= 15 is 0 Å². The highest BCUT2D eigenvalue weighted by molar-refractivity contribution is 9.10. The molecular formula is C16H16BrClN2O. The summed E-state index contributed by atoms with van der Waals surface area (Å²) in [6, 6.07) is 12.2. The van der Waals surface area contributed by atoms with Gasteiger partial charge in [0.05, 0.1) is 15.9 Å². The van der Waals surface area contributed by atoms with Crippen LogP contribution in [0.3, 0.4) is 0 Å². The number of halogens is 2. The summed E-state index contributed by atoms with van der Waals surface area (Å²) in [6.45, 7) is 1.26. The van der Waals surface area contributed by atoms with Crippen LogP contribution in [-0.2, 0) is 13.2 Å². The lowest BCUT2D eigenvalue weighted by atomic mass is 10.3. The van der Waals surface area contributed by atoms with Crippen LogP contribution >= 0.6 is 27.5 Å². The lowest BCUT2D eigenvalue weighted by Crippen LogP contribution is -2.16. The largest absolute Gasteiger partial charge is 0.486 e. The van der Waals surface area contributed by atoms with E-state index in [0.29, 0.717) is 17.7 Å². The highest BCUT2D eigenvalue weighted by atomic mass is 79.9. The number of ether oxygens (including phenoxy) is 1. The minimum absolute atomic E-state index is 0.442. The minimum atomic E-state index is 0.442. The topological polar surface area (TPSA) is 34.1 Å². The number of hydrogen-bond acceptors (Lipinski definition) is 3. The molecule has 3 rings (SSSR count). The predicted octanol–water partition coefficient (Wildman–Crippen LogP) is 4.33. The molecule has 1 aliphatic rings. The van der Waals surface area contributed by atoms with Crippen LogP contribution in [0.4, 0.5) is 0 Å². The fourth-order valence-corrected chi connectivity index (χ4v) is 2.79. The van der Waals surface area contributed by atoms with E-state index < -0.39 is 0 Å². The number of hydrogen-bond donors (Lipinski definition) is 1. The second-order valence-electron chi connectivity index (χ2n) is 5.14. The molecule has 1 aromatic heterocycles. The standard InChI is InChI=1S/C16H16BrClN2O/c17-15-8-11(18)4-7-16(15)21-10-14-3-1-2-13(20-14)9-19-12-5-6-12/h1-4,7-8,12,19H,5-6,9-10H2. The van der Waals surface area contributed by atoms with Gasteiger partial charge in [-0.15, -0.1) is 0 Å². The summed E-state index contributed by atoms with van der Waals surface area (Å²) in [5, 5.41) is 4.14. The van der Waals surface area contributed by atoms with E-state index in [1.807, 2.05) is 36.4 Å². The summed E-state index contributed by atoms with van der Waals surface area (Å²) in [5.74, 6) is 0.766. The number of pyridine rings is 1. The van der Waals surface area contributed by atoms with Crippen molar-refractivity contribution in [2.24, 2.45) is 0 Å². The molecule has 0 amide bonds. The van der Waals surface area contributed by atoms with Crippen LogP contribution < -0.4 is 10.1 Å². The Morgan fingerprint density at radius 3 is 2.81 bits per heavy atom. The highest BCUT2D eigenvalue weighted by Crippen LogP contribution is 2.28. The molecule has 5 heteroatoms. The van der Waals surface area contributed by atoms with Gasteiger partial charge in [0.2, 0.25) is 0 Å². The van der Waals surface area contributed by atoms with Crippen molar-refractivity contribution in [3.05, 3.63) is 57.3 Å². The fourth-order valence-electron chi connectivity index (χ4n) is 1.99. The Labute approximate surface area is 137 Å². The van der Waals surface area contributed by atoms with Crippen LogP contribution in [0.2, 0.25) is 5.02 Å². The predicted molar refractivity (Wildman–Crippen MR) is 87.6 cm³/mol. The fraction of sp³-hybridized carbons (Fsp3) is 0.312. The third kappa shape index (κ3) is 4.43. The number of nitrogens with zero attached hydrogens (tertiary/aromatic N) is 1. The van der Waals surface area contributed by atoms with Gasteiger partial charge in [-0.05, 0) is 59.1 Å². The lowest BCUT2D eigenvalue weighted by molar-refractivity contribution is 0.299. The van der Waals surface area contributed by atoms with Gasteiger partial charge in [-0.3, -0.25) is 4.98 Å². The smallest absolute Gasteiger partial charge is 0.134 e. The molecule has 1 saturated carbocycles. The number of benzene rings is 1. The monoisotopic (exact) mass is 366 g/mol. The van der Waals surface area contributed by atoms with Crippen LogP contribution in [0.1, 0.15) is 24.2 Å². The average molecular weight is 368 g/mol. The molecular weight excluding hydrogens is 352 g/mol. The van der Waals surface area contributed by atoms with E-state index in [1.165, 1.54) is 12.8 Å². The molecule has 0 aliphatic heterocycles. The Morgan fingerprint density at radius 1 is 1.24 bits per heavy atom. The zero-order valence-corrected chi connectivity index (χ0v) is 13.8. The second-order valence-corrected chi connectivity index (χ2v) is 6.43. The molecule has 1 fully saturated rings. The lowest BCUT2D eigenvalue weighted by Gasteiger charge is -2.09. The van der Waals surface area contributed by atoms with Gasteiger partial charge < -0.3 is 10.1 Å². The Kier molecular flexibility index (Phi) is 4.78. The Bertz CT molecular complexity index is 631.